The first kappa shape index (κ1) is 41.1. The van der Waals surface area contributed by atoms with Crippen LogP contribution in [0.25, 0.3) is 55.8 Å². The topological polar surface area (TPSA) is 46.8 Å². The van der Waals surface area contributed by atoms with Gasteiger partial charge in [-0.3, -0.25) is 4.57 Å². The maximum absolute atomic E-state index is 5.12. The van der Waals surface area contributed by atoms with Crippen molar-refractivity contribution in [3.8, 4) is 28.5 Å². The highest BCUT2D eigenvalue weighted by atomic mass is 15.2. The van der Waals surface area contributed by atoms with E-state index in [2.05, 4.69) is 145 Å². The maximum Gasteiger partial charge on any atom is 0.161 e. The molecule has 0 radical (unpaired) electrons. The van der Waals surface area contributed by atoms with Crippen molar-refractivity contribution in [2.24, 2.45) is 0 Å². The zero-order valence-corrected chi connectivity index (χ0v) is 36.1. The standard InChI is InChI=1S/C49H39N5.C6H6.C2H6/c1-5-17-33(18-6-2)41-31-42(34-19-9-7-10-20-34)52-48(51-41)35-27-28-47(50-32-35)54-43-25-15-13-23-37(43)38-29-46-40(30-45(38)54)49(3,4)39-24-14-16-26-44(39)53(46)36-21-11-8-12-22-36;1-2-4-6-5-3-1;1-2/h5-32H,1H2,2-4H3;1-6H;1-2H3/b18-6-,33-17+;;. The molecule has 0 aliphatic carbocycles. The lowest BCUT2D eigenvalue weighted by molar-refractivity contribution is 0.632. The minimum Gasteiger partial charge on any atom is -0.310 e. The van der Waals surface area contributed by atoms with Crippen LogP contribution in [0.15, 0.2) is 213 Å². The second kappa shape index (κ2) is 18.3. The third-order valence-electron chi connectivity index (χ3n) is 11.2. The van der Waals surface area contributed by atoms with E-state index in [1.54, 1.807) is 6.08 Å². The Hall–Kier alpha value is -7.63. The maximum atomic E-state index is 5.12. The molecule has 0 fully saturated rings. The normalized spacial score (nSPS) is 12.8. The summed E-state index contributed by atoms with van der Waals surface area (Å²) in [6, 6.07) is 61.3. The lowest BCUT2D eigenvalue weighted by Crippen LogP contribution is -2.30. The van der Waals surface area contributed by atoms with Gasteiger partial charge in [0.05, 0.1) is 33.8 Å². The summed E-state index contributed by atoms with van der Waals surface area (Å²) in [5.74, 6) is 1.45. The number of pyridine rings is 1. The molecule has 0 unspecified atom stereocenters. The number of nitrogens with zero attached hydrogens (tertiary/aromatic N) is 5. The van der Waals surface area contributed by atoms with Crippen molar-refractivity contribution >= 4 is 44.4 Å². The Labute approximate surface area is 365 Å². The van der Waals surface area contributed by atoms with Gasteiger partial charge < -0.3 is 4.90 Å². The van der Waals surface area contributed by atoms with Gasteiger partial charge in [0.2, 0.25) is 0 Å². The van der Waals surface area contributed by atoms with Gasteiger partial charge in [-0.05, 0) is 78.2 Å². The molecule has 0 saturated carbocycles. The third-order valence-corrected chi connectivity index (χ3v) is 11.2. The molecule has 3 aromatic heterocycles. The van der Waals surface area contributed by atoms with Crippen LogP contribution in [-0.4, -0.2) is 19.5 Å². The molecule has 0 amide bonds. The minimum absolute atomic E-state index is 0.241. The molecule has 9 aromatic rings. The van der Waals surface area contributed by atoms with Gasteiger partial charge in [-0.25, -0.2) is 15.0 Å². The number of benzene rings is 6. The van der Waals surface area contributed by atoms with Gasteiger partial charge in [0.25, 0.3) is 0 Å². The number of aromatic nitrogens is 4. The molecule has 0 saturated heterocycles. The lowest BCUT2D eigenvalue weighted by Gasteiger charge is -2.42. The molecule has 0 N–H and O–H groups in total. The van der Waals surface area contributed by atoms with E-state index < -0.39 is 0 Å². The lowest BCUT2D eigenvalue weighted by atomic mass is 9.73. The zero-order valence-electron chi connectivity index (χ0n) is 36.1. The molecule has 6 aromatic carbocycles. The highest BCUT2D eigenvalue weighted by molar-refractivity contribution is 6.11. The van der Waals surface area contributed by atoms with E-state index in [1.165, 1.54) is 33.3 Å². The highest BCUT2D eigenvalue weighted by Gasteiger charge is 2.37. The molecule has 0 bridgehead atoms. The van der Waals surface area contributed by atoms with E-state index in [1.807, 2.05) is 106 Å². The number of hydrogen-bond acceptors (Lipinski definition) is 4. The van der Waals surface area contributed by atoms with Crippen LogP contribution in [0.1, 0.15) is 51.4 Å². The van der Waals surface area contributed by atoms with E-state index >= 15 is 0 Å². The molecule has 1 aliphatic rings. The van der Waals surface area contributed by atoms with Crippen LogP contribution in [0, 0.1) is 0 Å². The number of anilines is 3. The summed E-state index contributed by atoms with van der Waals surface area (Å²) >= 11 is 0. The second-order valence-electron chi connectivity index (χ2n) is 15.3. The fourth-order valence-corrected chi connectivity index (χ4v) is 8.31. The van der Waals surface area contributed by atoms with Crippen LogP contribution < -0.4 is 4.90 Å². The Kier molecular flexibility index (Phi) is 12.2. The molecule has 0 spiro atoms. The summed E-state index contributed by atoms with van der Waals surface area (Å²) < 4.78 is 2.29. The molecule has 5 heteroatoms. The number of hydrogen-bond donors (Lipinski definition) is 0. The van der Waals surface area contributed by atoms with Crippen LogP contribution in [-0.2, 0) is 5.41 Å². The van der Waals surface area contributed by atoms with Gasteiger partial charge in [-0.2, -0.15) is 0 Å². The molecule has 304 valence electrons. The van der Waals surface area contributed by atoms with Gasteiger partial charge in [0.15, 0.2) is 5.82 Å². The number of fused-ring (bicyclic) bond motifs is 5. The summed E-state index contributed by atoms with van der Waals surface area (Å²) in [4.78, 5) is 17.6. The van der Waals surface area contributed by atoms with Crippen molar-refractivity contribution in [2.45, 2.75) is 40.0 Å². The van der Waals surface area contributed by atoms with Crippen molar-refractivity contribution in [3.05, 3.63) is 230 Å². The van der Waals surface area contributed by atoms with E-state index in [0.29, 0.717) is 5.82 Å². The predicted octanol–water partition coefficient (Wildman–Crippen LogP) is 15.3. The molecule has 1 aliphatic heterocycles. The van der Waals surface area contributed by atoms with Crippen molar-refractivity contribution < 1.29 is 0 Å². The second-order valence-corrected chi connectivity index (χ2v) is 15.3. The van der Waals surface area contributed by atoms with Gasteiger partial charge in [0.1, 0.15) is 5.82 Å². The molecule has 4 heterocycles. The molecular weight excluding hydrogens is 755 g/mol. The largest absolute Gasteiger partial charge is 0.310 e. The monoisotopic (exact) mass is 805 g/mol. The van der Waals surface area contributed by atoms with Crippen molar-refractivity contribution in [1.82, 2.24) is 19.5 Å². The van der Waals surface area contributed by atoms with Gasteiger partial charge in [-0.15, -0.1) is 0 Å². The number of para-hydroxylation sites is 3. The Morgan fingerprint density at radius 2 is 1.24 bits per heavy atom. The first-order chi connectivity index (χ1) is 30.5. The summed E-state index contributed by atoms with van der Waals surface area (Å²) in [6.07, 6.45) is 9.72. The molecule has 10 rings (SSSR count). The van der Waals surface area contributed by atoms with Gasteiger partial charge in [0, 0.05) is 39.2 Å². The van der Waals surface area contributed by atoms with Crippen molar-refractivity contribution in [3.63, 3.8) is 0 Å². The van der Waals surface area contributed by atoms with Crippen LogP contribution >= 0.6 is 0 Å². The summed E-state index contributed by atoms with van der Waals surface area (Å²) in [5, 5.41) is 2.36. The van der Waals surface area contributed by atoms with Gasteiger partial charge >= 0.3 is 0 Å². The fourth-order valence-electron chi connectivity index (χ4n) is 8.31. The third kappa shape index (κ3) is 7.89. The molecule has 62 heavy (non-hydrogen) atoms. The van der Waals surface area contributed by atoms with Crippen LogP contribution in [0.5, 0.6) is 0 Å². The van der Waals surface area contributed by atoms with Crippen LogP contribution in [0.2, 0.25) is 0 Å². The first-order valence-corrected chi connectivity index (χ1v) is 21.4. The molecular formula is C57H51N5. The Morgan fingerprint density at radius 1 is 0.597 bits per heavy atom. The van der Waals surface area contributed by atoms with Crippen molar-refractivity contribution in [1.29, 1.82) is 0 Å². The Balaban J connectivity index is 0.000000604. The average Bonchev–Trinajstić information content (AvgIpc) is 3.66. The van der Waals surface area contributed by atoms with E-state index in [0.717, 1.165) is 50.6 Å². The first-order valence-electron chi connectivity index (χ1n) is 21.4. The number of rotatable bonds is 7. The Bertz CT molecular complexity index is 2990. The quantitative estimate of drug-likeness (QED) is 0.151. The molecule has 0 atom stereocenters. The minimum atomic E-state index is -0.241. The smallest absolute Gasteiger partial charge is 0.161 e. The van der Waals surface area contributed by atoms with Crippen LogP contribution in [0.3, 0.4) is 0 Å². The van der Waals surface area contributed by atoms with Gasteiger partial charge in [-0.1, -0.05) is 180 Å². The number of allylic oxidation sites excluding steroid dienone is 5. The highest BCUT2D eigenvalue weighted by Crippen LogP contribution is 2.53. The Morgan fingerprint density at radius 3 is 1.92 bits per heavy atom. The SMILES string of the molecule is C=C/C=C(\C=C/C)c1cc(-c2ccccc2)nc(-c2ccc(-n3c4ccccc4c4cc5c(cc43)C(C)(C)c3ccccc3N5c3ccccc3)nc2)n1.CC.c1ccccc1. The molecule has 5 nitrogen and oxygen atoms in total. The van der Waals surface area contributed by atoms with Crippen LogP contribution in [0.4, 0.5) is 17.1 Å². The summed E-state index contributed by atoms with van der Waals surface area (Å²) in [7, 11) is 0. The van der Waals surface area contributed by atoms with E-state index in [9.17, 15) is 0 Å². The zero-order chi connectivity index (χ0) is 43.1. The fraction of sp³-hybridized carbons (Fsp3) is 0.105. The summed E-state index contributed by atoms with van der Waals surface area (Å²) in [5.41, 5.74) is 12.6. The average molecular weight is 806 g/mol. The van der Waals surface area contributed by atoms with E-state index in [4.69, 9.17) is 15.0 Å². The van der Waals surface area contributed by atoms with E-state index in [-0.39, 0.29) is 5.41 Å². The van der Waals surface area contributed by atoms with Crippen molar-refractivity contribution in [2.75, 3.05) is 4.90 Å². The predicted molar refractivity (Wildman–Crippen MR) is 263 cm³/mol. The summed E-state index contributed by atoms with van der Waals surface area (Å²) in [6.45, 7) is 14.6.